The van der Waals surface area contributed by atoms with Gasteiger partial charge in [0.2, 0.25) is 0 Å². The second-order valence-corrected chi connectivity index (χ2v) is 11.2. The summed E-state index contributed by atoms with van der Waals surface area (Å²) in [5.74, 6) is -0.972. The van der Waals surface area contributed by atoms with E-state index in [1.165, 1.54) is 0 Å². The van der Waals surface area contributed by atoms with Gasteiger partial charge in [-0.05, 0) is 41.8 Å². The Balaban J connectivity index is 1.46. The van der Waals surface area contributed by atoms with E-state index in [0.29, 0.717) is 40.3 Å². The number of nitrogens with zero attached hydrogens (tertiary/aromatic N) is 4. The van der Waals surface area contributed by atoms with E-state index in [1.54, 1.807) is 0 Å². The van der Waals surface area contributed by atoms with Gasteiger partial charge < -0.3 is 9.84 Å². The van der Waals surface area contributed by atoms with E-state index in [2.05, 4.69) is 0 Å². The van der Waals surface area contributed by atoms with E-state index < -0.39 is 16.8 Å². The number of aromatic nitrogens is 4. The van der Waals surface area contributed by atoms with Gasteiger partial charge in [0.25, 0.3) is 6.47 Å². The number of hydrogen-bond donors (Lipinski definition) is 1. The predicted molar refractivity (Wildman–Crippen MR) is 160 cm³/mol. The highest BCUT2D eigenvalue weighted by atomic mass is 16.5. The van der Waals surface area contributed by atoms with Crippen molar-refractivity contribution in [1.29, 1.82) is 0 Å². The highest BCUT2D eigenvalue weighted by Crippen LogP contribution is 2.59. The molecule has 208 valence electrons. The van der Waals surface area contributed by atoms with Crippen LogP contribution in [0, 0.1) is 0 Å². The number of rotatable bonds is 7. The van der Waals surface area contributed by atoms with Gasteiger partial charge in [-0.3, -0.25) is 9.59 Å². The molecule has 43 heavy (non-hydrogen) atoms. The van der Waals surface area contributed by atoms with Crippen molar-refractivity contribution in [1.82, 2.24) is 19.9 Å². The molecule has 4 aromatic carbocycles. The quantitative estimate of drug-likeness (QED) is 0.240. The Labute approximate surface area is 246 Å². The van der Waals surface area contributed by atoms with Crippen LogP contribution in [0.5, 0.6) is 0 Å². The number of carbonyl (C=O) groups excluding carboxylic acids is 1. The van der Waals surface area contributed by atoms with Crippen molar-refractivity contribution in [3.05, 3.63) is 120 Å². The minimum atomic E-state index is -1.12. The maximum absolute atomic E-state index is 12.8. The molecule has 0 radical (unpaired) electrons. The van der Waals surface area contributed by atoms with Gasteiger partial charge in [-0.1, -0.05) is 72.8 Å². The van der Waals surface area contributed by atoms with Crippen LogP contribution in [-0.2, 0) is 25.2 Å². The smallest absolute Gasteiger partial charge is 0.304 e. The number of hydrogen-bond acceptors (Lipinski definition) is 7. The normalized spacial score (nSPS) is 19.4. The van der Waals surface area contributed by atoms with E-state index in [4.69, 9.17) is 24.7 Å². The second-order valence-electron chi connectivity index (χ2n) is 11.2. The topological polar surface area (TPSA) is 115 Å². The lowest BCUT2D eigenvalue weighted by atomic mass is 9.63. The number of fused-ring (bicyclic) bond motifs is 8. The van der Waals surface area contributed by atoms with Gasteiger partial charge in [-0.2, -0.15) is 0 Å². The van der Waals surface area contributed by atoms with Crippen LogP contribution in [-0.4, -0.2) is 44.1 Å². The fourth-order valence-corrected chi connectivity index (χ4v) is 7.26. The fourth-order valence-electron chi connectivity index (χ4n) is 7.26. The second kappa shape index (κ2) is 9.25. The van der Waals surface area contributed by atoms with Crippen molar-refractivity contribution in [2.75, 3.05) is 6.61 Å². The zero-order chi connectivity index (χ0) is 29.2. The first-order chi connectivity index (χ1) is 21.0. The number of ether oxygens (including phenoxy) is 1. The van der Waals surface area contributed by atoms with Crippen molar-refractivity contribution in [2.45, 2.75) is 23.7 Å². The molecule has 2 aromatic heterocycles. The molecule has 0 amide bonds. The third-order valence-electron chi connectivity index (χ3n) is 8.90. The zero-order valence-corrected chi connectivity index (χ0v) is 22.9. The maximum atomic E-state index is 12.8. The molecule has 8 heteroatoms. The molecule has 2 aliphatic rings. The molecule has 0 spiro atoms. The summed E-state index contributed by atoms with van der Waals surface area (Å²) < 4.78 is 5.62. The third kappa shape index (κ3) is 3.56. The summed E-state index contributed by atoms with van der Waals surface area (Å²) in [7, 11) is 0. The Hall–Kier alpha value is -5.50. The summed E-state index contributed by atoms with van der Waals surface area (Å²) in [5, 5.41) is 10.5. The first kappa shape index (κ1) is 25.2. The average molecular weight is 565 g/mol. The van der Waals surface area contributed by atoms with Gasteiger partial charge in [0.1, 0.15) is 6.61 Å². The van der Waals surface area contributed by atoms with E-state index >= 15 is 0 Å². The van der Waals surface area contributed by atoms with Crippen molar-refractivity contribution in [3.63, 3.8) is 0 Å². The van der Waals surface area contributed by atoms with E-state index in [0.717, 1.165) is 33.3 Å². The van der Waals surface area contributed by atoms with Crippen LogP contribution in [0.15, 0.2) is 97.1 Å². The lowest BCUT2D eigenvalue weighted by Gasteiger charge is -2.39. The molecule has 0 bridgehead atoms. The van der Waals surface area contributed by atoms with Gasteiger partial charge in [0.15, 0.2) is 0 Å². The van der Waals surface area contributed by atoms with Crippen molar-refractivity contribution in [3.8, 4) is 22.5 Å². The minimum Gasteiger partial charge on any atom is -0.481 e. The Morgan fingerprint density at radius 2 is 1.09 bits per heavy atom. The van der Waals surface area contributed by atoms with Crippen molar-refractivity contribution < 1.29 is 19.4 Å². The summed E-state index contributed by atoms with van der Waals surface area (Å²) >= 11 is 0. The Morgan fingerprint density at radius 3 is 1.60 bits per heavy atom. The molecule has 0 saturated heterocycles. The van der Waals surface area contributed by atoms with Crippen LogP contribution < -0.4 is 0 Å². The first-order valence-electron chi connectivity index (χ1n) is 14.1. The lowest BCUT2D eigenvalue weighted by Crippen LogP contribution is -2.43. The summed E-state index contributed by atoms with van der Waals surface area (Å²) in [4.78, 5) is 45.0. The number of aliphatic carboxylic acids is 1. The predicted octanol–water partition coefficient (Wildman–Crippen LogP) is 5.84. The summed E-state index contributed by atoms with van der Waals surface area (Å²) in [6.07, 6.45) is -0.0282. The number of carboxylic acid groups (broad SMARTS) is 1. The van der Waals surface area contributed by atoms with Crippen LogP contribution >= 0.6 is 0 Å². The molecular weight excluding hydrogens is 540 g/mol. The van der Waals surface area contributed by atoms with E-state index in [9.17, 15) is 14.7 Å². The van der Waals surface area contributed by atoms with Gasteiger partial charge in [-0.15, -0.1) is 0 Å². The van der Waals surface area contributed by atoms with Crippen molar-refractivity contribution in [2.24, 2.45) is 0 Å². The Bertz CT molecular complexity index is 2130. The molecule has 6 aromatic rings. The van der Waals surface area contributed by atoms with Crippen LogP contribution in [0.4, 0.5) is 0 Å². The molecule has 2 aliphatic carbocycles. The fraction of sp³-hybridized carbons (Fsp3) is 0.143. The molecule has 8 nitrogen and oxygen atoms in total. The van der Waals surface area contributed by atoms with Gasteiger partial charge in [0.05, 0.1) is 62.1 Å². The summed E-state index contributed by atoms with van der Waals surface area (Å²) in [6.45, 7) is 0.387. The molecule has 0 saturated carbocycles. The molecule has 2 atom stereocenters. The number of benzene rings is 4. The largest absolute Gasteiger partial charge is 0.481 e. The zero-order valence-electron chi connectivity index (χ0n) is 22.9. The Morgan fingerprint density at radius 1 is 0.651 bits per heavy atom. The molecule has 1 N–H and O–H groups in total. The third-order valence-corrected chi connectivity index (χ3v) is 8.90. The number of para-hydroxylation sites is 4. The van der Waals surface area contributed by atoms with Crippen LogP contribution in [0.1, 0.15) is 35.4 Å². The lowest BCUT2D eigenvalue weighted by molar-refractivity contribution is -0.138. The van der Waals surface area contributed by atoms with E-state index in [-0.39, 0.29) is 19.4 Å². The standard InChI is InChI=1S/C35H24N4O4/c40-20-43-19-35(24-12-4-2-10-22(24)31-33(35)39-28-16-8-6-14-26(28)37-31)18-34(17-29(41)42)23-11-3-1-9-21(23)30-32(34)38-27-15-7-5-13-25(27)36-30/h1-16,20H,17-19H2,(H,41,42)/t34-,35-/m0/s1. The summed E-state index contributed by atoms with van der Waals surface area (Å²) in [6, 6.07) is 30.9. The van der Waals surface area contributed by atoms with Crippen molar-refractivity contribution >= 4 is 34.5 Å². The average Bonchev–Trinajstić information content (AvgIpc) is 3.44. The number of carbonyl (C=O) groups is 2. The molecular formula is C35H24N4O4. The number of carboxylic acids is 1. The minimum absolute atomic E-state index is 0.0482. The SMILES string of the molecule is O=COC[C@@]1(C[C@@]2(CC(=O)O)c3ccccc3-c3nc4ccccc4nc32)c2ccccc2-c2nc3ccccc3nc21. The Kier molecular flexibility index (Phi) is 5.43. The molecule has 2 heterocycles. The van der Waals surface area contributed by atoms with Crippen LogP contribution in [0.2, 0.25) is 0 Å². The summed E-state index contributed by atoms with van der Waals surface area (Å²) in [5.41, 5.74) is 6.76. The van der Waals surface area contributed by atoms with Gasteiger partial charge >= 0.3 is 5.97 Å². The molecule has 8 rings (SSSR count). The maximum Gasteiger partial charge on any atom is 0.304 e. The molecule has 0 unspecified atom stereocenters. The van der Waals surface area contributed by atoms with Gasteiger partial charge in [-0.25, -0.2) is 19.9 Å². The highest BCUT2D eigenvalue weighted by molar-refractivity contribution is 5.88. The van der Waals surface area contributed by atoms with Crippen LogP contribution in [0.25, 0.3) is 44.6 Å². The van der Waals surface area contributed by atoms with E-state index in [1.807, 2.05) is 97.1 Å². The highest BCUT2D eigenvalue weighted by Gasteiger charge is 2.57. The molecule has 0 fully saturated rings. The first-order valence-corrected chi connectivity index (χ1v) is 14.1. The monoisotopic (exact) mass is 564 g/mol. The van der Waals surface area contributed by atoms with Gasteiger partial charge in [0, 0.05) is 11.1 Å². The van der Waals surface area contributed by atoms with Crippen LogP contribution in [0.3, 0.4) is 0 Å². The molecule has 0 aliphatic heterocycles.